The van der Waals surface area contributed by atoms with E-state index in [-0.39, 0.29) is 11.4 Å². The maximum absolute atomic E-state index is 10.4. The van der Waals surface area contributed by atoms with E-state index < -0.39 is 4.92 Å². The first kappa shape index (κ1) is 7.71. The number of hydrogen-bond acceptors (Lipinski definition) is 4. The maximum Gasteiger partial charge on any atom is 0.334 e. The fourth-order valence-electron chi connectivity index (χ4n) is 0.879. The van der Waals surface area contributed by atoms with Gasteiger partial charge < -0.3 is 4.52 Å². The molecule has 0 saturated carbocycles. The van der Waals surface area contributed by atoms with Gasteiger partial charge >= 0.3 is 5.69 Å². The molecule has 1 aromatic rings. The topological polar surface area (TPSA) is 69.2 Å². The van der Waals surface area contributed by atoms with Crippen LogP contribution in [0.15, 0.2) is 4.52 Å². The van der Waals surface area contributed by atoms with Gasteiger partial charge in [0.1, 0.15) is 0 Å². The van der Waals surface area contributed by atoms with E-state index in [1.807, 2.05) is 0 Å². The molecule has 1 aromatic heterocycles. The molecule has 0 saturated heterocycles. The highest BCUT2D eigenvalue weighted by atomic mass is 16.6. The minimum atomic E-state index is -0.468. The van der Waals surface area contributed by atoms with Crippen molar-refractivity contribution in [3.05, 3.63) is 21.6 Å². The van der Waals surface area contributed by atoms with Gasteiger partial charge in [0.25, 0.3) is 0 Å². The summed E-state index contributed by atoms with van der Waals surface area (Å²) in [5.41, 5.74) is 0.417. The van der Waals surface area contributed by atoms with Crippen molar-refractivity contribution in [2.24, 2.45) is 0 Å². The van der Waals surface area contributed by atoms with Crippen molar-refractivity contribution >= 4 is 5.69 Å². The number of rotatable bonds is 2. The molecule has 0 spiro atoms. The van der Waals surface area contributed by atoms with E-state index in [0.717, 1.165) is 0 Å². The van der Waals surface area contributed by atoms with Crippen LogP contribution < -0.4 is 0 Å². The summed E-state index contributed by atoms with van der Waals surface area (Å²) in [7, 11) is 0. The highest BCUT2D eigenvalue weighted by Gasteiger charge is 2.21. The monoisotopic (exact) mass is 156 g/mol. The molecule has 60 valence electrons. The van der Waals surface area contributed by atoms with Crippen LogP contribution in [0.4, 0.5) is 5.69 Å². The van der Waals surface area contributed by atoms with Gasteiger partial charge in [-0.2, -0.15) is 0 Å². The van der Waals surface area contributed by atoms with Crippen LogP contribution in [0.3, 0.4) is 0 Å². The maximum atomic E-state index is 10.4. The van der Waals surface area contributed by atoms with Gasteiger partial charge in [0.05, 0.1) is 4.92 Å². The van der Waals surface area contributed by atoms with Crippen molar-refractivity contribution in [2.75, 3.05) is 0 Å². The van der Waals surface area contributed by atoms with Crippen LogP contribution in [0.1, 0.15) is 18.4 Å². The van der Waals surface area contributed by atoms with E-state index in [1.165, 1.54) is 6.92 Å². The smallest absolute Gasteiger partial charge is 0.334 e. The van der Waals surface area contributed by atoms with E-state index >= 15 is 0 Å². The number of aryl methyl sites for hydroxylation is 2. The van der Waals surface area contributed by atoms with Gasteiger partial charge in [-0.1, -0.05) is 12.1 Å². The van der Waals surface area contributed by atoms with Crippen LogP contribution in [0.2, 0.25) is 0 Å². The van der Waals surface area contributed by atoms with Crippen molar-refractivity contribution in [2.45, 2.75) is 20.3 Å². The Balaban J connectivity index is 3.17. The third-order valence-electron chi connectivity index (χ3n) is 1.42. The van der Waals surface area contributed by atoms with Crippen LogP contribution in [0.5, 0.6) is 0 Å². The fraction of sp³-hybridized carbons (Fsp3) is 0.500. The Bertz CT molecular complexity index is 279. The Kier molecular flexibility index (Phi) is 1.89. The highest BCUT2D eigenvalue weighted by molar-refractivity contribution is 5.37. The second-order valence-electron chi connectivity index (χ2n) is 2.14. The lowest BCUT2D eigenvalue weighted by molar-refractivity contribution is -0.386. The van der Waals surface area contributed by atoms with Crippen molar-refractivity contribution in [3.8, 4) is 0 Å². The van der Waals surface area contributed by atoms with E-state index in [4.69, 9.17) is 0 Å². The van der Waals surface area contributed by atoms with Crippen molar-refractivity contribution in [1.82, 2.24) is 5.16 Å². The molecule has 11 heavy (non-hydrogen) atoms. The first-order chi connectivity index (χ1) is 5.16. The van der Waals surface area contributed by atoms with Gasteiger partial charge in [0.2, 0.25) is 5.76 Å². The Morgan fingerprint density at radius 1 is 1.73 bits per heavy atom. The summed E-state index contributed by atoms with van der Waals surface area (Å²) in [6.45, 7) is 3.33. The predicted molar refractivity (Wildman–Crippen MR) is 37.3 cm³/mol. The summed E-state index contributed by atoms with van der Waals surface area (Å²) in [4.78, 5) is 9.90. The predicted octanol–water partition coefficient (Wildman–Crippen LogP) is 1.45. The molecule has 0 aliphatic rings. The SMILES string of the molecule is CCc1noc(C)c1[N+](=O)[O-]. The number of aromatic nitrogens is 1. The molecule has 0 aliphatic carbocycles. The molecule has 0 radical (unpaired) electrons. The van der Waals surface area contributed by atoms with Gasteiger partial charge in [-0.3, -0.25) is 10.1 Å². The molecular formula is C6H8N2O3. The summed E-state index contributed by atoms with van der Waals surface area (Å²) < 4.78 is 4.66. The lowest BCUT2D eigenvalue weighted by atomic mass is 10.2. The number of nitrogens with zero attached hydrogens (tertiary/aromatic N) is 2. The summed E-state index contributed by atoms with van der Waals surface area (Å²) in [5.74, 6) is 0.270. The molecule has 5 nitrogen and oxygen atoms in total. The van der Waals surface area contributed by atoms with Crippen molar-refractivity contribution < 1.29 is 9.45 Å². The number of hydrogen-bond donors (Lipinski definition) is 0. The Morgan fingerprint density at radius 2 is 2.36 bits per heavy atom. The van der Waals surface area contributed by atoms with Crippen molar-refractivity contribution in [3.63, 3.8) is 0 Å². The standard InChI is InChI=1S/C6H8N2O3/c1-3-5-6(8(9)10)4(2)11-7-5/h3H2,1-2H3. The van der Waals surface area contributed by atoms with Crippen LogP contribution in [0.25, 0.3) is 0 Å². The molecule has 1 rings (SSSR count). The molecule has 1 heterocycles. The van der Waals surface area contributed by atoms with Gasteiger partial charge in [0.15, 0.2) is 5.69 Å². The molecule has 0 N–H and O–H groups in total. The van der Waals surface area contributed by atoms with E-state index in [1.54, 1.807) is 6.92 Å². The Hall–Kier alpha value is -1.39. The molecule has 0 amide bonds. The average Bonchev–Trinajstić information content (AvgIpc) is 2.30. The average molecular weight is 156 g/mol. The molecule has 5 heteroatoms. The summed E-state index contributed by atoms with van der Waals surface area (Å²) in [6, 6.07) is 0. The third kappa shape index (κ3) is 1.21. The zero-order valence-electron chi connectivity index (χ0n) is 6.33. The second-order valence-corrected chi connectivity index (χ2v) is 2.14. The first-order valence-corrected chi connectivity index (χ1v) is 3.26. The lowest BCUT2D eigenvalue weighted by Gasteiger charge is -1.86. The zero-order chi connectivity index (χ0) is 8.43. The summed E-state index contributed by atoms with van der Waals surface area (Å²) in [5, 5.41) is 13.9. The quantitative estimate of drug-likeness (QED) is 0.480. The van der Waals surface area contributed by atoms with Crippen molar-refractivity contribution in [1.29, 1.82) is 0 Å². The fourth-order valence-corrected chi connectivity index (χ4v) is 0.879. The van der Waals surface area contributed by atoms with Gasteiger partial charge in [-0.05, 0) is 6.42 Å². The lowest BCUT2D eigenvalue weighted by Crippen LogP contribution is -1.92. The van der Waals surface area contributed by atoms with E-state index in [0.29, 0.717) is 12.1 Å². The van der Waals surface area contributed by atoms with Gasteiger partial charge in [-0.25, -0.2) is 0 Å². The van der Waals surface area contributed by atoms with Gasteiger partial charge in [0, 0.05) is 6.92 Å². The molecular weight excluding hydrogens is 148 g/mol. The highest BCUT2D eigenvalue weighted by Crippen LogP contribution is 2.22. The molecule has 0 bridgehead atoms. The largest absolute Gasteiger partial charge is 0.354 e. The van der Waals surface area contributed by atoms with Crippen LogP contribution >= 0.6 is 0 Å². The Labute approximate surface area is 63.1 Å². The summed E-state index contributed by atoms with van der Waals surface area (Å²) in [6.07, 6.45) is 0.521. The molecule has 0 unspecified atom stereocenters. The van der Waals surface area contributed by atoms with Crippen LogP contribution in [-0.4, -0.2) is 10.1 Å². The number of nitro groups is 1. The van der Waals surface area contributed by atoms with Crippen LogP contribution in [-0.2, 0) is 6.42 Å². The van der Waals surface area contributed by atoms with Crippen LogP contribution in [0, 0.1) is 17.0 Å². The minimum absolute atomic E-state index is 0.00694. The summed E-state index contributed by atoms with van der Waals surface area (Å²) >= 11 is 0. The second kappa shape index (κ2) is 2.69. The van der Waals surface area contributed by atoms with Gasteiger partial charge in [-0.15, -0.1) is 0 Å². The molecule has 0 atom stereocenters. The zero-order valence-corrected chi connectivity index (χ0v) is 6.33. The first-order valence-electron chi connectivity index (χ1n) is 3.26. The third-order valence-corrected chi connectivity index (χ3v) is 1.42. The van der Waals surface area contributed by atoms with E-state index in [2.05, 4.69) is 9.68 Å². The minimum Gasteiger partial charge on any atom is -0.354 e. The molecule has 0 fully saturated rings. The Morgan fingerprint density at radius 3 is 2.73 bits per heavy atom. The normalized spacial score (nSPS) is 10.0. The van der Waals surface area contributed by atoms with E-state index in [9.17, 15) is 10.1 Å². The molecule has 0 aromatic carbocycles. The molecule has 0 aliphatic heterocycles.